The van der Waals surface area contributed by atoms with E-state index in [1.807, 2.05) is 0 Å². The molecular weight excluding hydrogens is 902 g/mol. The van der Waals surface area contributed by atoms with Crippen molar-refractivity contribution in [2.75, 3.05) is 0 Å². The first-order chi connectivity index (χ1) is 27.6. The topological polar surface area (TPSA) is 0 Å². The molecule has 292 valence electrons. The van der Waals surface area contributed by atoms with Gasteiger partial charge in [0.2, 0.25) is 0 Å². The molecule has 4 atom stereocenters. The van der Waals surface area contributed by atoms with Crippen LogP contribution in [0.3, 0.4) is 0 Å². The summed E-state index contributed by atoms with van der Waals surface area (Å²) in [6, 6.07) is 45.8. The number of fused-ring (bicyclic) bond motifs is 6. The van der Waals surface area contributed by atoms with E-state index in [4.69, 9.17) is 19.1 Å². The maximum absolute atomic E-state index is 4.81. The van der Waals surface area contributed by atoms with E-state index < -0.39 is 30.1 Å². The molecule has 4 aromatic carbocycles. The molecule has 0 amide bonds. The molecule has 0 aliphatic carbocycles. The predicted molar refractivity (Wildman–Crippen MR) is 257 cm³/mol. The SMILES string of the molecule is Cc1c(C)c2p(c1-c1ccccc1)Cp1c(-c3ccccc3)c(C)c(C)c1-c1c(C)c(C)c(-c3ccccc3)p1Cp1c(-c3ccccc3)c(C)c(C)c1-2.[Cl][Pd][Cl]. The molecule has 1 aliphatic heterocycles. The average molecular weight is 950 g/mol. The van der Waals surface area contributed by atoms with E-state index in [9.17, 15) is 0 Å². The van der Waals surface area contributed by atoms with Crippen molar-refractivity contribution in [3.8, 4) is 64.6 Å². The molecule has 7 heteroatoms. The quantitative estimate of drug-likeness (QED) is 0.154. The van der Waals surface area contributed by atoms with E-state index in [0.717, 1.165) is 0 Å². The number of halogens is 2. The van der Waals surface area contributed by atoms with Crippen molar-refractivity contribution < 1.29 is 15.9 Å². The zero-order chi connectivity index (χ0) is 40.1. The molecule has 8 aromatic rings. The van der Waals surface area contributed by atoms with Gasteiger partial charge in [-0.2, -0.15) is 0 Å². The number of hydrogen-bond acceptors (Lipinski definition) is 0. The van der Waals surface area contributed by atoms with Crippen LogP contribution in [0.1, 0.15) is 44.5 Å². The molecule has 0 saturated carbocycles. The van der Waals surface area contributed by atoms with E-state index in [1.165, 1.54) is 56.3 Å². The van der Waals surface area contributed by atoms with Gasteiger partial charge in [0, 0.05) is 54.2 Å². The third-order valence-electron chi connectivity index (χ3n) is 12.5. The third-order valence-corrected chi connectivity index (χ3v) is 26.3. The fourth-order valence-corrected chi connectivity index (χ4v) is 26.7. The molecule has 0 bridgehead atoms. The Kier molecular flexibility index (Phi) is 12.3. The molecule has 9 rings (SSSR count). The maximum atomic E-state index is 4.81. The molecule has 0 radical (unpaired) electrons. The van der Waals surface area contributed by atoms with Gasteiger partial charge in [-0.25, -0.2) is 0 Å². The molecule has 0 fully saturated rings. The molecule has 0 spiro atoms. The minimum atomic E-state index is -0.639. The third kappa shape index (κ3) is 7.01. The van der Waals surface area contributed by atoms with Gasteiger partial charge in [0.25, 0.3) is 0 Å². The summed E-state index contributed by atoms with van der Waals surface area (Å²) >= 11 is -0.106. The molecule has 57 heavy (non-hydrogen) atoms. The fraction of sp³-hybridized carbons (Fsp3) is 0.200. The van der Waals surface area contributed by atoms with Gasteiger partial charge >= 0.3 is 35.0 Å². The summed E-state index contributed by atoms with van der Waals surface area (Å²) < 4.78 is 0. The van der Waals surface area contributed by atoms with Gasteiger partial charge in [-0.3, -0.25) is 0 Å². The van der Waals surface area contributed by atoms with Crippen molar-refractivity contribution in [2.24, 2.45) is 0 Å². The molecular formula is C50H48Cl2P4Pd. The van der Waals surface area contributed by atoms with E-state index >= 15 is 0 Å². The first kappa shape index (κ1) is 41.0. The van der Waals surface area contributed by atoms with Crippen molar-refractivity contribution in [1.29, 1.82) is 0 Å². The molecule has 0 saturated heterocycles. The van der Waals surface area contributed by atoms with Crippen LogP contribution < -0.4 is 0 Å². The van der Waals surface area contributed by atoms with Gasteiger partial charge in [0.15, 0.2) is 0 Å². The van der Waals surface area contributed by atoms with Crippen molar-refractivity contribution in [3.63, 3.8) is 0 Å². The molecule has 4 unspecified atom stereocenters. The second-order valence-electron chi connectivity index (χ2n) is 15.3. The first-order valence-corrected chi connectivity index (χ1v) is 29.5. The summed E-state index contributed by atoms with van der Waals surface area (Å²) in [6.45, 7) is 19.7. The van der Waals surface area contributed by atoms with Crippen molar-refractivity contribution in [3.05, 3.63) is 166 Å². The molecule has 0 nitrogen and oxygen atoms in total. The monoisotopic (exact) mass is 948 g/mol. The molecule has 0 N–H and O–H groups in total. The summed E-state index contributed by atoms with van der Waals surface area (Å²) in [6.07, 6.45) is 0. The van der Waals surface area contributed by atoms with Crippen LogP contribution in [0.4, 0.5) is 0 Å². The fourth-order valence-electron chi connectivity index (χ4n) is 9.43. The van der Waals surface area contributed by atoms with Crippen molar-refractivity contribution in [1.82, 2.24) is 0 Å². The summed E-state index contributed by atoms with van der Waals surface area (Å²) in [5.41, 5.74) is 17.9. The first-order valence-electron chi connectivity index (χ1n) is 19.4. The van der Waals surface area contributed by atoms with Crippen LogP contribution in [0.15, 0.2) is 121 Å². The molecule has 1 aliphatic rings. The normalized spacial score (nSPS) is 13.3. The number of hydrogen-bond donors (Lipinski definition) is 0. The summed E-state index contributed by atoms with van der Waals surface area (Å²) in [5.74, 6) is 2.40. The number of rotatable bonds is 4. The van der Waals surface area contributed by atoms with Gasteiger partial charge in [0.1, 0.15) is 0 Å². The number of benzene rings is 4. The minimum absolute atomic E-state index is 0.106. The second-order valence-corrected chi connectivity index (χ2v) is 26.9. The van der Waals surface area contributed by atoms with Crippen LogP contribution >= 0.6 is 49.2 Å². The Labute approximate surface area is 360 Å². The Morgan fingerprint density at radius 3 is 0.632 bits per heavy atom. The van der Waals surface area contributed by atoms with Crippen LogP contribution in [-0.2, 0) is 27.7 Å². The molecule has 4 aromatic heterocycles. The van der Waals surface area contributed by atoms with Gasteiger partial charge in [-0.05, 0) is 122 Å². The van der Waals surface area contributed by atoms with Crippen LogP contribution in [0.25, 0.3) is 64.6 Å². The van der Waals surface area contributed by atoms with Gasteiger partial charge in [0.05, 0.1) is 0 Å². The average Bonchev–Trinajstić information content (AvgIpc) is 3.81. The van der Waals surface area contributed by atoms with Crippen LogP contribution in [0.5, 0.6) is 0 Å². The Morgan fingerprint density at radius 2 is 0.456 bits per heavy atom. The van der Waals surface area contributed by atoms with E-state index in [1.54, 1.807) is 64.6 Å². The summed E-state index contributed by atoms with van der Waals surface area (Å²) in [4.78, 5) is 0. The Morgan fingerprint density at radius 1 is 0.298 bits per heavy atom. The Hall–Kier alpha value is -2.76. The van der Waals surface area contributed by atoms with Crippen molar-refractivity contribution in [2.45, 2.75) is 67.2 Å². The zero-order valence-electron chi connectivity index (χ0n) is 33.8. The summed E-state index contributed by atoms with van der Waals surface area (Å²) in [5, 5.41) is 13.3. The Balaban J connectivity index is 0.00000147. The van der Waals surface area contributed by atoms with E-state index in [-0.39, 0.29) is 15.9 Å². The standard InChI is InChI=1S/C50H48P4.2ClH.Pd/c1-31-35(5)47-48-36(6)32(2)45(41-25-17-11-18-26-41)53(48)30-54-46(42-27-19-12-20-28-42)34(4)38(8)50(54)49-37(7)33(3)44(40-23-15-10-16-24-40)52(49)29-51(47)43(31)39-21-13-9-14-22-39;;;/h9-28H,29-30H2,1-8H3;2*1H;/q;;;+2/p-2. The predicted octanol–water partition coefficient (Wildman–Crippen LogP) is 18.8. The van der Waals surface area contributed by atoms with E-state index in [2.05, 4.69) is 177 Å². The van der Waals surface area contributed by atoms with Gasteiger partial charge < -0.3 is 0 Å². The van der Waals surface area contributed by atoms with E-state index in [0.29, 0.717) is 0 Å². The Bertz CT molecular complexity index is 2360. The van der Waals surface area contributed by atoms with Gasteiger partial charge in [-0.1, -0.05) is 151 Å². The van der Waals surface area contributed by atoms with Crippen molar-refractivity contribution >= 4 is 49.2 Å². The van der Waals surface area contributed by atoms with Crippen LogP contribution in [0.2, 0.25) is 0 Å². The van der Waals surface area contributed by atoms with Gasteiger partial charge in [-0.15, -0.1) is 0 Å². The van der Waals surface area contributed by atoms with Crippen LogP contribution in [-0.4, -0.2) is 0 Å². The zero-order valence-corrected chi connectivity index (χ0v) is 40.5. The van der Waals surface area contributed by atoms with Crippen LogP contribution in [0, 0.1) is 55.4 Å². The second kappa shape index (κ2) is 17.1. The summed E-state index contributed by atoms with van der Waals surface area (Å²) in [7, 11) is 7.07. The molecule has 5 heterocycles.